The van der Waals surface area contributed by atoms with E-state index in [2.05, 4.69) is 27.9 Å². The molecule has 104 valence electrons. The molecule has 0 bridgehead atoms. The molecule has 0 saturated heterocycles. The Bertz CT molecular complexity index is 152. The van der Waals surface area contributed by atoms with Crippen molar-refractivity contribution in [3.63, 3.8) is 0 Å². The zero-order valence-corrected chi connectivity index (χ0v) is 12.9. The van der Waals surface area contributed by atoms with Gasteiger partial charge in [0.05, 0.1) is 27.2 Å². The van der Waals surface area contributed by atoms with Crippen LogP contribution in [0.5, 0.6) is 0 Å². The summed E-state index contributed by atoms with van der Waals surface area (Å²) in [7, 11) is 4.80. The first-order valence-electron chi connectivity index (χ1n) is 7.94. The van der Waals surface area contributed by atoms with E-state index >= 15 is 0 Å². The Morgan fingerprint density at radius 1 is 0.529 bits per heavy atom. The van der Waals surface area contributed by atoms with Crippen molar-refractivity contribution in [1.29, 1.82) is 0 Å². The third-order valence-electron chi connectivity index (χ3n) is 3.73. The van der Waals surface area contributed by atoms with E-state index in [4.69, 9.17) is 0 Å². The lowest BCUT2D eigenvalue weighted by Crippen LogP contribution is -2.41. The van der Waals surface area contributed by atoms with Crippen LogP contribution in [0, 0.1) is 0 Å². The van der Waals surface area contributed by atoms with Gasteiger partial charge in [0, 0.05) is 0 Å². The van der Waals surface area contributed by atoms with Gasteiger partial charge in [-0.2, -0.15) is 0 Å². The molecule has 0 unspecified atom stereocenters. The lowest BCUT2D eigenvalue weighted by molar-refractivity contribution is -0.890. The fourth-order valence-electron chi connectivity index (χ4n) is 2.40. The Balaban J connectivity index is 3.37. The van der Waals surface area contributed by atoms with Crippen molar-refractivity contribution in [3.8, 4) is 0 Å². The third kappa shape index (κ3) is 12.2. The van der Waals surface area contributed by atoms with Crippen molar-refractivity contribution in [2.75, 3.05) is 27.2 Å². The van der Waals surface area contributed by atoms with Crippen LogP contribution in [0.4, 0.5) is 0 Å². The molecule has 0 aromatic heterocycles. The van der Waals surface area contributed by atoms with E-state index in [1.54, 1.807) is 0 Å². The highest BCUT2D eigenvalue weighted by Gasteiger charge is 2.13. The second-order valence-corrected chi connectivity index (χ2v) is 6.21. The number of unbranched alkanes of at least 4 members (excludes halogenated alkanes) is 8. The second-order valence-electron chi connectivity index (χ2n) is 6.21. The minimum absolute atomic E-state index is 1.23. The van der Waals surface area contributed by atoms with Crippen LogP contribution in [0.2, 0.25) is 0 Å². The molecule has 0 aromatic carbocycles. The summed E-state index contributed by atoms with van der Waals surface area (Å²) >= 11 is 0. The number of quaternary nitrogens is 1. The Kier molecular flexibility index (Phi) is 11.0. The zero-order chi connectivity index (χ0) is 13.0. The van der Waals surface area contributed by atoms with Crippen LogP contribution in [0.15, 0.2) is 0 Å². The summed E-state index contributed by atoms with van der Waals surface area (Å²) in [5.41, 5.74) is 0. The first-order chi connectivity index (χ1) is 8.12. The standard InChI is InChI=1S/C16H36N/c1-5-7-9-11-12-14-16-17(3,4)15-13-10-8-6-2/h5-16H2,1-4H3/q+1. The summed E-state index contributed by atoms with van der Waals surface area (Å²) in [4.78, 5) is 0. The Hall–Kier alpha value is -0.0400. The molecule has 0 aliphatic carbocycles. The predicted molar refractivity (Wildman–Crippen MR) is 79.4 cm³/mol. The summed E-state index contributed by atoms with van der Waals surface area (Å²) in [6.07, 6.45) is 14.1. The van der Waals surface area contributed by atoms with Crippen LogP contribution in [-0.4, -0.2) is 31.7 Å². The molecule has 0 atom stereocenters. The van der Waals surface area contributed by atoms with Gasteiger partial charge in [-0.15, -0.1) is 0 Å². The van der Waals surface area contributed by atoms with E-state index < -0.39 is 0 Å². The summed E-state index contributed by atoms with van der Waals surface area (Å²) in [5, 5.41) is 0. The highest BCUT2D eigenvalue weighted by atomic mass is 15.3. The van der Waals surface area contributed by atoms with Gasteiger partial charge in [0.25, 0.3) is 0 Å². The van der Waals surface area contributed by atoms with Crippen LogP contribution >= 0.6 is 0 Å². The first-order valence-corrected chi connectivity index (χ1v) is 7.94. The maximum Gasteiger partial charge on any atom is 0.0782 e. The number of rotatable bonds is 12. The quantitative estimate of drug-likeness (QED) is 0.333. The fraction of sp³-hybridized carbons (Fsp3) is 1.00. The van der Waals surface area contributed by atoms with Crippen molar-refractivity contribution in [1.82, 2.24) is 0 Å². The van der Waals surface area contributed by atoms with Crippen LogP contribution in [0.1, 0.15) is 78.1 Å². The molecule has 0 fully saturated rings. The summed E-state index contributed by atoms with van der Waals surface area (Å²) in [6.45, 7) is 7.32. The number of hydrogen-bond donors (Lipinski definition) is 0. The number of nitrogens with zero attached hydrogens (tertiary/aromatic N) is 1. The van der Waals surface area contributed by atoms with Gasteiger partial charge in [-0.05, 0) is 25.7 Å². The summed E-state index contributed by atoms with van der Waals surface area (Å²) < 4.78 is 1.23. The monoisotopic (exact) mass is 242 g/mol. The van der Waals surface area contributed by atoms with Gasteiger partial charge in [-0.25, -0.2) is 0 Å². The van der Waals surface area contributed by atoms with E-state index in [0.29, 0.717) is 0 Å². The molecule has 0 radical (unpaired) electrons. The Morgan fingerprint density at radius 2 is 0.882 bits per heavy atom. The lowest BCUT2D eigenvalue weighted by atomic mass is 10.1. The highest BCUT2D eigenvalue weighted by Crippen LogP contribution is 2.10. The predicted octanol–water partition coefficient (Wildman–Crippen LogP) is 5.00. The second kappa shape index (κ2) is 11.1. The summed E-state index contributed by atoms with van der Waals surface area (Å²) in [5.74, 6) is 0. The van der Waals surface area contributed by atoms with Gasteiger partial charge in [0.2, 0.25) is 0 Å². The Morgan fingerprint density at radius 3 is 1.35 bits per heavy atom. The maximum atomic E-state index is 2.40. The van der Waals surface area contributed by atoms with E-state index in [9.17, 15) is 0 Å². The van der Waals surface area contributed by atoms with Gasteiger partial charge >= 0.3 is 0 Å². The van der Waals surface area contributed by atoms with E-state index in [1.165, 1.54) is 81.8 Å². The van der Waals surface area contributed by atoms with Crippen molar-refractivity contribution in [2.24, 2.45) is 0 Å². The van der Waals surface area contributed by atoms with Gasteiger partial charge in [-0.3, -0.25) is 0 Å². The maximum absolute atomic E-state index is 2.40. The number of hydrogen-bond acceptors (Lipinski definition) is 0. The third-order valence-corrected chi connectivity index (χ3v) is 3.73. The normalized spacial score (nSPS) is 12.0. The Labute approximate surface area is 110 Å². The van der Waals surface area contributed by atoms with Crippen LogP contribution < -0.4 is 0 Å². The van der Waals surface area contributed by atoms with Gasteiger partial charge < -0.3 is 4.48 Å². The topological polar surface area (TPSA) is 0 Å². The molecule has 0 aliphatic heterocycles. The first kappa shape index (κ1) is 17.0. The van der Waals surface area contributed by atoms with Gasteiger partial charge in [0.1, 0.15) is 0 Å². The lowest BCUT2D eigenvalue weighted by Gasteiger charge is -2.30. The van der Waals surface area contributed by atoms with Crippen LogP contribution in [0.3, 0.4) is 0 Å². The average Bonchev–Trinajstić information content (AvgIpc) is 2.29. The summed E-state index contributed by atoms with van der Waals surface area (Å²) in [6, 6.07) is 0. The molecular weight excluding hydrogens is 206 g/mol. The molecule has 1 nitrogen and oxygen atoms in total. The van der Waals surface area contributed by atoms with Crippen molar-refractivity contribution >= 4 is 0 Å². The van der Waals surface area contributed by atoms with Crippen molar-refractivity contribution in [3.05, 3.63) is 0 Å². The molecule has 0 aliphatic rings. The molecule has 17 heavy (non-hydrogen) atoms. The SMILES string of the molecule is CCCCCCCC[N+](C)(C)CCCCCC. The molecule has 0 amide bonds. The van der Waals surface area contributed by atoms with E-state index in [1.807, 2.05) is 0 Å². The van der Waals surface area contributed by atoms with Crippen molar-refractivity contribution < 1.29 is 4.48 Å². The fourth-order valence-corrected chi connectivity index (χ4v) is 2.40. The smallest absolute Gasteiger partial charge is 0.0782 e. The molecule has 0 spiro atoms. The van der Waals surface area contributed by atoms with E-state index in [-0.39, 0.29) is 0 Å². The van der Waals surface area contributed by atoms with Crippen LogP contribution in [0.25, 0.3) is 0 Å². The zero-order valence-electron chi connectivity index (χ0n) is 12.9. The van der Waals surface area contributed by atoms with Crippen LogP contribution in [-0.2, 0) is 0 Å². The molecule has 1 heteroatoms. The van der Waals surface area contributed by atoms with Crippen molar-refractivity contribution in [2.45, 2.75) is 78.1 Å². The van der Waals surface area contributed by atoms with Gasteiger partial charge in [0.15, 0.2) is 0 Å². The van der Waals surface area contributed by atoms with Gasteiger partial charge in [-0.1, -0.05) is 52.4 Å². The average molecular weight is 242 g/mol. The minimum atomic E-state index is 1.23. The molecular formula is C16H36N+. The molecule has 0 N–H and O–H groups in total. The minimum Gasteiger partial charge on any atom is -0.328 e. The molecule has 0 heterocycles. The van der Waals surface area contributed by atoms with E-state index in [0.717, 1.165) is 0 Å². The highest BCUT2D eigenvalue weighted by molar-refractivity contribution is 4.45. The molecule has 0 rings (SSSR count). The molecule has 0 aromatic rings. The largest absolute Gasteiger partial charge is 0.328 e. The molecule has 0 saturated carbocycles.